The van der Waals surface area contributed by atoms with E-state index in [-0.39, 0.29) is 41.1 Å². The third kappa shape index (κ3) is 20.1. The van der Waals surface area contributed by atoms with Gasteiger partial charge in [0, 0.05) is 0 Å². The Morgan fingerprint density at radius 2 is 1.42 bits per heavy atom. The molecular formula is C21H35NaO7S2. The van der Waals surface area contributed by atoms with Crippen molar-refractivity contribution in [2.45, 2.75) is 82.4 Å². The summed E-state index contributed by atoms with van der Waals surface area (Å²) in [5.74, 6) is 0. The molecule has 0 saturated carbocycles. The molecule has 0 aliphatic heterocycles. The Labute approximate surface area is 210 Å². The van der Waals surface area contributed by atoms with Crippen molar-refractivity contribution in [3.8, 4) is 0 Å². The summed E-state index contributed by atoms with van der Waals surface area (Å²) < 4.78 is 65.0. The second kappa shape index (κ2) is 19.2. The predicted octanol–water partition coefficient (Wildman–Crippen LogP) is 2.05. The van der Waals surface area contributed by atoms with Gasteiger partial charge < -0.3 is 4.55 Å². The topological polar surface area (TPSA) is 121 Å². The molecule has 1 aromatic carbocycles. The van der Waals surface area contributed by atoms with Crippen LogP contribution in [0.15, 0.2) is 41.8 Å². The van der Waals surface area contributed by atoms with E-state index < -0.39 is 20.5 Å². The second-order valence-electron chi connectivity index (χ2n) is 6.99. The zero-order valence-corrected chi connectivity index (χ0v) is 22.4. The van der Waals surface area contributed by atoms with E-state index in [1.807, 2.05) is 0 Å². The fourth-order valence-electron chi connectivity index (χ4n) is 2.83. The molecule has 10 heteroatoms. The minimum atomic E-state index is -4.48. The van der Waals surface area contributed by atoms with Crippen LogP contribution in [0.2, 0.25) is 0 Å². The molecule has 0 atom stereocenters. The largest absolute Gasteiger partial charge is 1.00 e. The van der Waals surface area contributed by atoms with Crippen LogP contribution < -0.4 is 29.6 Å². The van der Waals surface area contributed by atoms with E-state index in [2.05, 4.69) is 17.7 Å². The molecule has 0 heterocycles. The van der Waals surface area contributed by atoms with E-state index in [1.165, 1.54) is 51.0 Å². The maximum atomic E-state index is 10.8. The van der Waals surface area contributed by atoms with Crippen molar-refractivity contribution >= 4 is 20.5 Å². The van der Waals surface area contributed by atoms with Crippen LogP contribution in [0.25, 0.3) is 0 Å². The molecule has 1 N–H and O–H groups in total. The SMILES string of the molecule is C=CCc1ccccc1S(=O)(=O)O.CCCCCCCCCCCCOS(=O)(=O)[O-].[Na+]. The van der Waals surface area contributed by atoms with Crippen LogP contribution in [-0.2, 0) is 31.1 Å². The molecule has 1 rings (SSSR count). The van der Waals surface area contributed by atoms with E-state index in [0.29, 0.717) is 18.4 Å². The van der Waals surface area contributed by atoms with Gasteiger partial charge in [-0.15, -0.1) is 6.58 Å². The Kier molecular flexibility index (Phi) is 20.4. The maximum absolute atomic E-state index is 10.8. The Morgan fingerprint density at radius 3 is 1.87 bits per heavy atom. The molecule has 31 heavy (non-hydrogen) atoms. The molecule has 0 radical (unpaired) electrons. The molecule has 0 saturated heterocycles. The number of benzene rings is 1. The number of hydrogen-bond donors (Lipinski definition) is 1. The van der Waals surface area contributed by atoms with Gasteiger partial charge in [0.2, 0.25) is 10.4 Å². The Balaban J connectivity index is 0. The van der Waals surface area contributed by atoms with Crippen LogP contribution in [0.3, 0.4) is 0 Å². The van der Waals surface area contributed by atoms with Gasteiger partial charge in [-0.3, -0.25) is 8.74 Å². The van der Waals surface area contributed by atoms with Crippen molar-refractivity contribution in [3.63, 3.8) is 0 Å². The summed E-state index contributed by atoms with van der Waals surface area (Å²) in [6, 6.07) is 6.29. The second-order valence-corrected chi connectivity index (χ2v) is 9.43. The van der Waals surface area contributed by atoms with E-state index in [4.69, 9.17) is 4.55 Å². The van der Waals surface area contributed by atoms with Crippen LogP contribution in [-0.4, -0.2) is 32.5 Å². The molecular weight excluding hydrogens is 451 g/mol. The van der Waals surface area contributed by atoms with Crippen LogP contribution >= 0.6 is 0 Å². The first-order chi connectivity index (χ1) is 14.1. The molecule has 0 unspecified atom stereocenters. The van der Waals surface area contributed by atoms with Gasteiger partial charge in [-0.1, -0.05) is 89.0 Å². The molecule has 7 nitrogen and oxygen atoms in total. The number of hydrogen-bond acceptors (Lipinski definition) is 6. The summed E-state index contributed by atoms with van der Waals surface area (Å²) in [5.41, 5.74) is 0.556. The normalized spacial score (nSPS) is 11.2. The van der Waals surface area contributed by atoms with E-state index in [9.17, 15) is 21.4 Å². The molecule has 0 fully saturated rings. The number of allylic oxidation sites excluding steroid dienone is 1. The Morgan fingerprint density at radius 1 is 0.935 bits per heavy atom. The van der Waals surface area contributed by atoms with Crippen LogP contribution in [0.1, 0.15) is 76.7 Å². The molecule has 0 aliphatic carbocycles. The zero-order valence-electron chi connectivity index (χ0n) is 18.8. The summed E-state index contributed by atoms with van der Waals surface area (Å²) in [7, 11) is -8.59. The summed E-state index contributed by atoms with van der Waals surface area (Å²) >= 11 is 0. The average Bonchev–Trinajstić information content (AvgIpc) is 2.66. The van der Waals surface area contributed by atoms with E-state index >= 15 is 0 Å². The third-order valence-electron chi connectivity index (χ3n) is 4.34. The van der Waals surface area contributed by atoms with Gasteiger partial charge in [0.25, 0.3) is 10.1 Å². The van der Waals surface area contributed by atoms with Crippen molar-refractivity contribution in [3.05, 3.63) is 42.5 Å². The Hall–Kier alpha value is -0.260. The average molecular weight is 487 g/mol. The summed E-state index contributed by atoms with van der Waals surface area (Å²) in [6.45, 7) is 5.75. The van der Waals surface area contributed by atoms with Gasteiger partial charge in [-0.05, 0) is 24.5 Å². The van der Waals surface area contributed by atoms with Crippen molar-refractivity contribution in [1.82, 2.24) is 0 Å². The molecule has 174 valence electrons. The molecule has 1 aromatic rings. The van der Waals surface area contributed by atoms with Crippen molar-refractivity contribution in [2.24, 2.45) is 0 Å². The van der Waals surface area contributed by atoms with Crippen LogP contribution in [0.4, 0.5) is 0 Å². The number of unbranched alkanes of at least 4 members (excludes halogenated alkanes) is 9. The van der Waals surface area contributed by atoms with Gasteiger partial charge in [0.15, 0.2) is 0 Å². The fraction of sp³-hybridized carbons (Fsp3) is 0.619. The standard InChI is InChI=1S/C12H26O4S.C9H10O3S.Na/c1-2-3-4-5-6-7-8-9-10-11-12-16-17(13,14)15;1-2-5-8-6-3-4-7-9(8)13(10,11)12;/h2-12H2,1H3,(H,13,14,15);2-4,6-7H,1,5H2,(H,10,11,12);/q;;+1/p-1. The van der Waals surface area contributed by atoms with E-state index in [0.717, 1.165) is 12.8 Å². The number of rotatable bonds is 15. The molecule has 0 aliphatic rings. The summed E-state index contributed by atoms with van der Waals surface area (Å²) in [6.07, 6.45) is 13.7. The van der Waals surface area contributed by atoms with Gasteiger partial charge >= 0.3 is 29.6 Å². The van der Waals surface area contributed by atoms with Crippen molar-refractivity contribution in [1.29, 1.82) is 0 Å². The quantitative estimate of drug-likeness (QED) is 0.132. The van der Waals surface area contributed by atoms with E-state index in [1.54, 1.807) is 24.3 Å². The minimum Gasteiger partial charge on any atom is -0.726 e. The Bertz CT molecular complexity index is 794. The first-order valence-electron chi connectivity index (χ1n) is 10.4. The minimum absolute atomic E-state index is 0. The summed E-state index contributed by atoms with van der Waals surface area (Å²) in [4.78, 5) is -0.0464. The molecule has 0 amide bonds. The van der Waals surface area contributed by atoms with Gasteiger partial charge in [0.05, 0.1) is 11.5 Å². The molecule has 0 aromatic heterocycles. The first-order valence-corrected chi connectivity index (χ1v) is 13.2. The van der Waals surface area contributed by atoms with Crippen LogP contribution in [0.5, 0.6) is 0 Å². The van der Waals surface area contributed by atoms with Crippen molar-refractivity contribution < 1.29 is 59.7 Å². The maximum Gasteiger partial charge on any atom is 1.00 e. The summed E-state index contributed by atoms with van der Waals surface area (Å²) in [5, 5.41) is 0. The van der Waals surface area contributed by atoms with Crippen LogP contribution in [0, 0.1) is 0 Å². The van der Waals surface area contributed by atoms with Gasteiger partial charge in [-0.25, -0.2) is 8.42 Å². The monoisotopic (exact) mass is 486 g/mol. The van der Waals surface area contributed by atoms with Gasteiger partial charge in [0.1, 0.15) is 0 Å². The zero-order chi connectivity index (χ0) is 22.9. The molecule has 0 bridgehead atoms. The third-order valence-corrected chi connectivity index (χ3v) is 5.75. The molecule has 0 spiro atoms. The van der Waals surface area contributed by atoms with Gasteiger partial charge in [-0.2, -0.15) is 8.42 Å². The fourth-order valence-corrected chi connectivity index (χ4v) is 3.89. The first kappa shape index (κ1) is 32.9. The smallest absolute Gasteiger partial charge is 0.726 e. The van der Waals surface area contributed by atoms with Crippen molar-refractivity contribution in [2.75, 3.05) is 6.61 Å². The predicted molar refractivity (Wildman–Crippen MR) is 118 cm³/mol.